The van der Waals surface area contributed by atoms with E-state index in [1.54, 1.807) is 5.56 Å². The lowest BCUT2D eigenvalue weighted by atomic mass is 9.48. The largest absolute Gasteiger partial charge is 0.310 e. The minimum Gasteiger partial charge on any atom is -0.310 e. The van der Waals surface area contributed by atoms with Gasteiger partial charge in [0.2, 0.25) is 0 Å². The molecule has 0 saturated heterocycles. The minimum atomic E-state index is -0.0802. The molecule has 0 unspecified atom stereocenters. The third kappa shape index (κ3) is 6.35. The van der Waals surface area contributed by atoms with E-state index in [-0.39, 0.29) is 10.8 Å². The maximum absolute atomic E-state index is 2.47. The van der Waals surface area contributed by atoms with Crippen LogP contribution in [0.1, 0.15) is 95.4 Å². The van der Waals surface area contributed by atoms with E-state index in [0.717, 1.165) is 29.1 Å². The maximum atomic E-state index is 2.47. The lowest BCUT2D eigenvalue weighted by Crippen LogP contribution is -2.48. The van der Waals surface area contributed by atoms with Crippen LogP contribution in [0.2, 0.25) is 0 Å². The molecule has 4 saturated carbocycles. The van der Waals surface area contributed by atoms with Crippen LogP contribution < -0.4 is 4.90 Å². The van der Waals surface area contributed by atoms with Gasteiger partial charge < -0.3 is 4.90 Å². The first-order chi connectivity index (χ1) is 29.0. The maximum Gasteiger partial charge on any atom is 0.0465 e. The number of rotatable bonds is 7. The zero-order valence-electron chi connectivity index (χ0n) is 36.0. The molecule has 1 heteroatoms. The second-order valence-corrected chi connectivity index (χ2v) is 20.5. The highest BCUT2D eigenvalue weighted by molar-refractivity contribution is 5.86. The summed E-state index contributed by atoms with van der Waals surface area (Å²) in [5, 5.41) is 0. The Labute approximate surface area is 358 Å². The molecule has 7 aromatic rings. The normalized spacial score (nSPS) is 22.1. The van der Waals surface area contributed by atoms with Gasteiger partial charge in [0, 0.05) is 22.5 Å². The van der Waals surface area contributed by atoms with Crippen molar-refractivity contribution in [3.05, 3.63) is 186 Å². The van der Waals surface area contributed by atoms with Crippen LogP contribution in [0.4, 0.5) is 17.1 Å². The molecule has 0 heterocycles. The molecule has 0 radical (unpaired) electrons. The van der Waals surface area contributed by atoms with Crippen molar-refractivity contribution in [3.8, 4) is 44.5 Å². The Hall–Kier alpha value is -5.66. The van der Waals surface area contributed by atoms with Crippen molar-refractivity contribution in [1.82, 2.24) is 0 Å². The molecule has 0 N–H and O–H groups in total. The highest BCUT2D eigenvalue weighted by Crippen LogP contribution is 2.61. The second-order valence-electron chi connectivity index (χ2n) is 20.5. The van der Waals surface area contributed by atoms with Crippen molar-refractivity contribution in [2.24, 2.45) is 17.8 Å². The molecule has 0 atom stereocenters. The first-order valence-electron chi connectivity index (χ1n) is 22.6. The number of fused-ring (bicyclic) bond motifs is 3. The number of anilines is 3. The van der Waals surface area contributed by atoms with Gasteiger partial charge in [0.05, 0.1) is 0 Å². The Bertz CT molecular complexity index is 2650. The molecule has 4 bridgehead atoms. The van der Waals surface area contributed by atoms with Crippen LogP contribution in [-0.4, -0.2) is 0 Å². The third-order valence-electron chi connectivity index (χ3n) is 15.2. The quantitative estimate of drug-likeness (QED) is 0.156. The molecule has 5 aliphatic rings. The van der Waals surface area contributed by atoms with E-state index in [9.17, 15) is 0 Å². The lowest BCUT2D eigenvalue weighted by molar-refractivity contribution is -0.00518. The van der Waals surface area contributed by atoms with Crippen LogP contribution in [-0.2, 0) is 16.2 Å². The van der Waals surface area contributed by atoms with Crippen LogP contribution in [0.3, 0.4) is 0 Å². The zero-order valence-corrected chi connectivity index (χ0v) is 36.0. The highest BCUT2D eigenvalue weighted by Gasteiger charge is 2.51. The van der Waals surface area contributed by atoms with Crippen LogP contribution in [0.5, 0.6) is 0 Å². The van der Waals surface area contributed by atoms with Gasteiger partial charge in [-0.1, -0.05) is 162 Å². The Morgan fingerprint density at radius 2 is 0.833 bits per heavy atom. The van der Waals surface area contributed by atoms with Crippen molar-refractivity contribution < 1.29 is 0 Å². The van der Waals surface area contributed by atoms with Crippen molar-refractivity contribution in [2.45, 2.75) is 89.4 Å². The summed E-state index contributed by atoms with van der Waals surface area (Å²) in [6.45, 7) is 11.5. The Kier molecular flexibility index (Phi) is 8.68. The predicted molar refractivity (Wildman–Crippen MR) is 254 cm³/mol. The smallest absolute Gasteiger partial charge is 0.0465 e. The summed E-state index contributed by atoms with van der Waals surface area (Å²) in [5.41, 5.74) is 19.9. The summed E-state index contributed by atoms with van der Waals surface area (Å²) < 4.78 is 0. The molecule has 5 aliphatic carbocycles. The number of hydrogen-bond donors (Lipinski definition) is 0. The standard InChI is InChI=1S/C59H57N/c1-57(2,3)48-22-14-44(15-23-48)47-20-28-51(29-21-47)60(52-30-31-54-53-8-6-7-9-55(53)58(4,5)56(54)35-52)50-26-18-46(19-27-50)43-12-10-42(11-13-43)45-16-24-49(25-17-45)59-36-39-32-40(37-59)34-41(33-39)38-59/h6-31,35,39-41H,32-34,36-38H2,1-5H3. The first kappa shape index (κ1) is 37.3. The summed E-state index contributed by atoms with van der Waals surface area (Å²) >= 11 is 0. The van der Waals surface area contributed by atoms with Gasteiger partial charge >= 0.3 is 0 Å². The average molecular weight is 780 g/mol. The molecule has 7 aromatic carbocycles. The van der Waals surface area contributed by atoms with E-state index < -0.39 is 0 Å². The Balaban J connectivity index is 0.885. The SMILES string of the molecule is CC(C)(C)c1ccc(-c2ccc(N(c3ccc(-c4ccc(-c5ccc(C67CC8CC(CC(C8)C6)C7)cc5)cc4)cc3)c3ccc4c(c3)C(C)(C)c3ccccc3-4)cc2)cc1. The Morgan fingerprint density at radius 1 is 0.433 bits per heavy atom. The second kappa shape index (κ2) is 14.0. The van der Waals surface area contributed by atoms with E-state index >= 15 is 0 Å². The summed E-state index contributed by atoms with van der Waals surface area (Å²) in [7, 11) is 0. The molecule has 0 amide bonds. The van der Waals surface area contributed by atoms with Crippen LogP contribution in [0.25, 0.3) is 44.5 Å². The van der Waals surface area contributed by atoms with Gasteiger partial charge in [-0.3, -0.25) is 0 Å². The topological polar surface area (TPSA) is 3.24 Å². The monoisotopic (exact) mass is 779 g/mol. The van der Waals surface area contributed by atoms with Crippen molar-refractivity contribution in [3.63, 3.8) is 0 Å². The summed E-state index contributed by atoms with van der Waals surface area (Å²) in [6, 6.07) is 62.2. The molecule has 0 aliphatic heterocycles. The van der Waals surface area contributed by atoms with E-state index in [0.29, 0.717) is 5.41 Å². The fourth-order valence-electron chi connectivity index (χ4n) is 12.4. The molecule has 60 heavy (non-hydrogen) atoms. The van der Waals surface area contributed by atoms with Crippen molar-refractivity contribution in [1.29, 1.82) is 0 Å². The molecule has 298 valence electrons. The van der Waals surface area contributed by atoms with E-state index in [2.05, 4.69) is 203 Å². The molecule has 0 aromatic heterocycles. The lowest BCUT2D eigenvalue weighted by Gasteiger charge is -2.57. The minimum absolute atomic E-state index is 0.0802. The van der Waals surface area contributed by atoms with Gasteiger partial charge in [-0.2, -0.15) is 0 Å². The molecule has 1 nitrogen and oxygen atoms in total. The predicted octanol–water partition coefficient (Wildman–Crippen LogP) is 16.2. The Morgan fingerprint density at radius 3 is 1.32 bits per heavy atom. The van der Waals surface area contributed by atoms with Gasteiger partial charge in [0.25, 0.3) is 0 Å². The molecule has 12 rings (SSSR count). The van der Waals surface area contributed by atoms with Crippen LogP contribution >= 0.6 is 0 Å². The van der Waals surface area contributed by atoms with Gasteiger partial charge in [-0.15, -0.1) is 0 Å². The van der Waals surface area contributed by atoms with Gasteiger partial charge in [0.15, 0.2) is 0 Å². The van der Waals surface area contributed by atoms with Gasteiger partial charge in [-0.25, -0.2) is 0 Å². The average Bonchev–Trinajstić information content (AvgIpc) is 3.49. The first-order valence-corrected chi connectivity index (χ1v) is 22.6. The number of benzene rings is 7. The number of nitrogens with zero attached hydrogens (tertiary/aromatic N) is 1. The summed E-state index contributed by atoms with van der Waals surface area (Å²) in [5.74, 6) is 2.92. The third-order valence-corrected chi connectivity index (χ3v) is 15.2. The van der Waals surface area contributed by atoms with E-state index in [1.807, 2.05) is 0 Å². The van der Waals surface area contributed by atoms with E-state index in [4.69, 9.17) is 0 Å². The fourth-order valence-corrected chi connectivity index (χ4v) is 12.4. The fraction of sp³-hybridized carbons (Fsp3) is 0.288. The van der Waals surface area contributed by atoms with Gasteiger partial charge in [0.1, 0.15) is 0 Å². The van der Waals surface area contributed by atoms with Crippen molar-refractivity contribution >= 4 is 17.1 Å². The molecule has 0 spiro atoms. The van der Waals surface area contributed by atoms with E-state index in [1.165, 1.54) is 105 Å². The van der Waals surface area contributed by atoms with Crippen LogP contribution in [0, 0.1) is 17.8 Å². The van der Waals surface area contributed by atoms with Crippen LogP contribution in [0.15, 0.2) is 164 Å². The van der Waals surface area contributed by atoms with Gasteiger partial charge in [-0.05, 0) is 170 Å². The summed E-state index contributed by atoms with van der Waals surface area (Å²) in [6.07, 6.45) is 8.74. The van der Waals surface area contributed by atoms with Crippen molar-refractivity contribution in [2.75, 3.05) is 4.90 Å². The molecular weight excluding hydrogens is 723 g/mol. The number of hydrogen-bond acceptors (Lipinski definition) is 1. The zero-order chi connectivity index (χ0) is 40.8. The highest BCUT2D eigenvalue weighted by atomic mass is 15.1. The molecular formula is C59H57N. The molecule has 4 fully saturated rings. The summed E-state index contributed by atoms with van der Waals surface area (Å²) in [4.78, 5) is 2.42.